The van der Waals surface area contributed by atoms with Crippen LogP contribution < -0.4 is 5.32 Å². The molecule has 82 valence electrons. The Bertz CT molecular complexity index is 350. The summed E-state index contributed by atoms with van der Waals surface area (Å²) in [7, 11) is 0. The Kier molecular flexibility index (Phi) is 3.10. The van der Waals surface area contributed by atoms with Crippen LogP contribution in [0.15, 0.2) is 6.20 Å². The smallest absolute Gasteiger partial charge is 0.224 e. The fraction of sp³-hybridized carbons (Fsp3) is 0.636. The van der Waals surface area contributed by atoms with Crippen molar-refractivity contribution < 1.29 is 0 Å². The van der Waals surface area contributed by atoms with Crippen LogP contribution in [0, 0.1) is 12.8 Å². The molecular formula is C11H16ClN3. The molecule has 0 amide bonds. The highest BCUT2D eigenvalue weighted by Crippen LogP contribution is 2.34. The Labute approximate surface area is 95.3 Å². The molecule has 4 heteroatoms. The van der Waals surface area contributed by atoms with Gasteiger partial charge in [0.2, 0.25) is 5.28 Å². The first-order valence-corrected chi connectivity index (χ1v) is 5.78. The van der Waals surface area contributed by atoms with Gasteiger partial charge in [0.15, 0.2) is 0 Å². The summed E-state index contributed by atoms with van der Waals surface area (Å²) in [5, 5.41) is 3.69. The van der Waals surface area contributed by atoms with Gasteiger partial charge in [0.05, 0.1) is 0 Å². The van der Waals surface area contributed by atoms with Crippen LogP contribution in [0.25, 0.3) is 0 Å². The number of rotatable bonds is 4. The van der Waals surface area contributed by atoms with Crippen LogP contribution in [0.2, 0.25) is 5.28 Å². The maximum Gasteiger partial charge on any atom is 0.224 e. The average molecular weight is 226 g/mol. The number of nitrogens with zero attached hydrogens (tertiary/aromatic N) is 2. The number of aryl methyl sites for hydroxylation is 1. The van der Waals surface area contributed by atoms with Crippen LogP contribution in [0.1, 0.15) is 31.7 Å². The van der Waals surface area contributed by atoms with Gasteiger partial charge in [-0.25, -0.2) is 9.97 Å². The van der Waals surface area contributed by atoms with Crippen molar-refractivity contribution in [1.29, 1.82) is 0 Å². The maximum atomic E-state index is 5.76. The first kappa shape index (κ1) is 10.7. The summed E-state index contributed by atoms with van der Waals surface area (Å²) in [4.78, 5) is 8.12. The predicted molar refractivity (Wildman–Crippen MR) is 62.2 cm³/mol. The lowest BCUT2D eigenvalue weighted by Crippen LogP contribution is -2.17. The fourth-order valence-electron chi connectivity index (χ4n) is 1.71. The molecule has 0 saturated heterocycles. The van der Waals surface area contributed by atoms with Gasteiger partial charge in [-0.1, -0.05) is 12.8 Å². The van der Waals surface area contributed by atoms with Gasteiger partial charge in [-0.05, 0) is 37.8 Å². The van der Waals surface area contributed by atoms with E-state index in [0.29, 0.717) is 11.3 Å². The number of aromatic nitrogens is 2. The van der Waals surface area contributed by atoms with E-state index in [0.717, 1.165) is 17.3 Å². The highest BCUT2D eigenvalue weighted by atomic mass is 35.5. The molecule has 1 aromatic heterocycles. The van der Waals surface area contributed by atoms with E-state index < -0.39 is 0 Å². The van der Waals surface area contributed by atoms with E-state index in [1.165, 1.54) is 19.3 Å². The van der Waals surface area contributed by atoms with Gasteiger partial charge in [0.25, 0.3) is 0 Å². The Hall–Kier alpha value is -0.830. The van der Waals surface area contributed by atoms with Crippen molar-refractivity contribution in [1.82, 2.24) is 9.97 Å². The monoisotopic (exact) mass is 225 g/mol. The van der Waals surface area contributed by atoms with Gasteiger partial charge >= 0.3 is 0 Å². The number of hydrogen-bond donors (Lipinski definition) is 1. The molecule has 0 spiro atoms. The van der Waals surface area contributed by atoms with Crippen molar-refractivity contribution >= 4 is 17.4 Å². The topological polar surface area (TPSA) is 37.8 Å². The highest BCUT2D eigenvalue weighted by Gasteiger charge is 2.23. The molecule has 3 nitrogen and oxygen atoms in total. The van der Waals surface area contributed by atoms with E-state index in [4.69, 9.17) is 11.6 Å². The second-order valence-electron chi connectivity index (χ2n) is 4.40. The fourth-order valence-corrected chi connectivity index (χ4v) is 1.85. The average Bonchev–Trinajstić information content (AvgIpc) is 2.95. The normalized spacial score (nSPS) is 17.5. The van der Waals surface area contributed by atoms with Crippen LogP contribution >= 0.6 is 11.6 Å². The van der Waals surface area contributed by atoms with Gasteiger partial charge < -0.3 is 5.32 Å². The van der Waals surface area contributed by atoms with Gasteiger partial charge in [-0.15, -0.1) is 0 Å². The van der Waals surface area contributed by atoms with Crippen LogP contribution in [-0.4, -0.2) is 16.0 Å². The zero-order valence-electron chi connectivity index (χ0n) is 9.13. The molecule has 1 atom stereocenters. The van der Waals surface area contributed by atoms with Gasteiger partial charge in [0.1, 0.15) is 5.82 Å². The standard InChI is InChI=1S/C11H16ClN3/c1-7-6-13-11(12)15-10(7)14-8(2)5-9-3-4-9/h6,8-9H,3-5H2,1-2H3,(H,13,14,15). The molecule has 1 N–H and O–H groups in total. The molecule has 0 radical (unpaired) electrons. The minimum atomic E-state index is 0.307. The van der Waals surface area contributed by atoms with Crippen LogP contribution in [0.3, 0.4) is 0 Å². The van der Waals surface area contributed by atoms with Gasteiger partial charge in [-0.2, -0.15) is 0 Å². The lowest BCUT2D eigenvalue weighted by molar-refractivity contribution is 0.639. The lowest BCUT2D eigenvalue weighted by Gasteiger charge is -2.15. The third-order valence-electron chi connectivity index (χ3n) is 2.71. The molecule has 1 aliphatic rings. The quantitative estimate of drug-likeness (QED) is 0.801. The molecule has 1 saturated carbocycles. The first-order chi connectivity index (χ1) is 7.15. The number of anilines is 1. The Balaban J connectivity index is 1.98. The van der Waals surface area contributed by atoms with Crippen LogP contribution in [-0.2, 0) is 0 Å². The Morgan fingerprint density at radius 3 is 3.00 bits per heavy atom. The molecule has 1 heterocycles. The molecular weight excluding hydrogens is 210 g/mol. The van der Waals surface area contributed by atoms with E-state index in [-0.39, 0.29) is 0 Å². The summed E-state index contributed by atoms with van der Waals surface area (Å²) in [6, 6.07) is 0.460. The summed E-state index contributed by atoms with van der Waals surface area (Å²) in [5.74, 6) is 1.79. The highest BCUT2D eigenvalue weighted by molar-refractivity contribution is 6.28. The minimum Gasteiger partial charge on any atom is -0.367 e. The number of nitrogens with one attached hydrogen (secondary N) is 1. The SMILES string of the molecule is Cc1cnc(Cl)nc1NC(C)CC1CC1. The summed E-state index contributed by atoms with van der Waals surface area (Å²) >= 11 is 5.76. The zero-order chi connectivity index (χ0) is 10.8. The molecule has 0 aromatic carbocycles. The van der Waals surface area contributed by atoms with Crippen molar-refractivity contribution in [2.75, 3.05) is 5.32 Å². The molecule has 15 heavy (non-hydrogen) atoms. The van der Waals surface area contributed by atoms with Crippen molar-refractivity contribution in [2.24, 2.45) is 5.92 Å². The second kappa shape index (κ2) is 4.35. The predicted octanol–water partition coefficient (Wildman–Crippen LogP) is 3.04. The molecule has 1 fully saturated rings. The maximum absolute atomic E-state index is 5.76. The Morgan fingerprint density at radius 2 is 2.33 bits per heavy atom. The van der Waals surface area contributed by atoms with Crippen LogP contribution in [0.5, 0.6) is 0 Å². The number of halogens is 1. The zero-order valence-corrected chi connectivity index (χ0v) is 9.88. The van der Waals surface area contributed by atoms with Crippen molar-refractivity contribution in [3.63, 3.8) is 0 Å². The first-order valence-electron chi connectivity index (χ1n) is 5.41. The van der Waals surface area contributed by atoms with Crippen molar-refractivity contribution in [2.45, 2.75) is 39.2 Å². The molecule has 1 unspecified atom stereocenters. The third-order valence-corrected chi connectivity index (χ3v) is 2.89. The van der Waals surface area contributed by atoms with E-state index in [2.05, 4.69) is 22.2 Å². The molecule has 1 aromatic rings. The van der Waals surface area contributed by atoms with Gasteiger partial charge in [-0.3, -0.25) is 0 Å². The number of hydrogen-bond acceptors (Lipinski definition) is 3. The summed E-state index contributed by atoms with van der Waals surface area (Å²) in [6.45, 7) is 4.18. The summed E-state index contributed by atoms with van der Waals surface area (Å²) in [6.07, 6.45) is 5.74. The Morgan fingerprint density at radius 1 is 1.60 bits per heavy atom. The summed E-state index contributed by atoms with van der Waals surface area (Å²) in [5.41, 5.74) is 1.04. The van der Waals surface area contributed by atoms with Crippen molar-refractivity contribution in [3.8, 4) is 0 Å². The van der Waals surface area contributed by atoms with E-state index in [9.17, 15) is 0 Å². The molecule has 0 aliphatic heterocycles. The van der Waals surface area contributed by atoms with E-state index >= 15 is 0 Å². The summed E-state index contributed by atoms with van der Waals surface area (Å²) < 4.78 is 0. The van der Waals surface area contributed by atoms with E-state index in [1.807, 2.05) is 6.92 Å². The second-order valence-corrected chi connectivity index (χ2v) is 4.73. The van der Waals surface area contributed by atoms with Crippen molar-refractivity contribution in [3.05, 3.63) is 17.0 Å². The van der Waals surface area contributed by atoms with E-state index in [1.54, 1.807) is 6.20 Å². The van der Waals surface area contributed by atoms with Gasteiger partial charge in [0, 0.05) is 17.8 Å². The molecule has 2 rings (SSSR count). The van der Waals surface area contributed by atoms with Crippen LogP contribution in [0.4, 0.5) is 5.82 Å². The lowest BCUT2D eigenvalue weighted by atomic mass is 10.1. The molecule has 0 bridgehead atoms. The molecule has 1 aliphatic carbocycles. The minimum absolute atomic E-state index is 0.307. The largest absolute Gasteiger partial charge is 0.367 e. The third kappa shape index (κ3) is 3.06.